The number of carboxylic acid groups (broad SMARTS) is 1. The summed E-state index contributed by atoms with van der Waals surface area (Å²) in [7, 11) is 0. The summed E-state index contributed by atoms with van der Waals surface area (Å²) < 4.78 is 5.68. The Labute approximate surface area is 114 Å². The molecule has 0 saturated carbocycles. The number of para-hydroxylation sites is 1. The van der Waals surface area contributed by atoms with Crippen LogP contribution in [0.3, 0.4) is 0 Å². The highest BCUT2D eigenvalue weighted by Crippen LogP contribution is 2.26. The van der Waals surface area contributed by atoms with Gasteiger partial charge >= 0.3 is 5.97 Å². The molecule has 1 aromatic carbocycles. The molecule has 3 nitrogen and oxygen atoms in total. The van der Waals surface area contributed by atoms with Gasteiger partial charge in [0.25, 0.3) is 0 Å². The molecule has 0 spiro atoms. The van der Waals surface area contributed by atoms with Gasteiger partial charge in [-0.1, -0.05) is 31.6 Å². The van der Waals surface area contributed by atoms with E-state index in [0.717, 1.165) is 17.6 Å². The van der Waals surface area contributed by atoms with Crippen LogP contribution >= 0.6 is 0 Å². The zero-order chi connectivity index (χ0) is 14.4. The van der Waals surface area contributed by atoms with Gasteiger partial charge in [0.2, 0.25) is 0 Å². The summed E-state index contributed by atoms with van der Waals surface area (Å²) in [4.78, 5) is 11.3. The van der Waals surface area contributed by atoms with Crippen LogP contribution in [0.2, 0.25) is 0 Å². The van der Waals surface area contributed by atoms with Crippen molar-refractivity contribution in [2.45, 2.75) is 34.1 Å². The van der Waals surface area contributed by atoms with Crippen molar-refractivity contribution in [2.24, 2.45) is 5.92 Å². The Hall–Kier alpha value is -1.77. The lowest BCUT2D eigenvalue weighted by atomic mass is 9.99. The number of carbonyl (C=O) groups is 1. The van der Waals surface area contributed by atoms with Gasteiger partial charge in [0, 0.05) is 0 Å². The molecule has 3 heteroatoms. The van der Waals surface area contributed by atoms with E-state index in [4.69, 9.17) is 4.74 Å². The van der Waals surface area contributed by atoms with Gasteiger partial charge in [0.05, 0.1) is 0 Å². The maximum Gasteiger partial charge on any atom is 0.339 e. The Bertz CT molecular complexity index is 469. The molecule has 1 aromatic rings. The topological polar surface area (TPSA) is 46.5 Å². The zero-order valence-electron chi connectivity index (χ0n) is 12.1. The summed E-state index contributed by atoms with van der Waals surface area (Å²) >= 11 is 0. The van der Waals surface area contributed by atoms with Crippen molar-refractivity contribution >= 4 is 5.97 Å². The molecule has 0 aliphatic heterocycles. The van der Waals surface area contributed by atoms with Gasteiger partial charge in [-0.3, -0.25) is 0 Å². The van der Waals surface area contributed by atoms with Crippen LogP contribution < -0.4 is 4.74 Å². The largest absolute Gasteiger partial charge is 0.488 e. The van der Waals surface area contributed by atoms with Gasteiger partial charge in [-0.2, -0.15) is 0 Å². The van der Waals surface area contributed by atoms with Crippen molar-refractivity contribution in [3.63, 3.8) is 0 Å². The number of hydrogen-bond acceptors (Lipinski definition) is 2. The molecule has 0 bridgehead atoms. The predicted octanol–water partition coefficient (Wildman–Crippen LogP) is 3.93. The third kappa shape index (κ3) is 4.78. The van der Waals surface area contributed by atoms with Gasteiger partial charge in [0.15, 0.2) is 0 Å². The maximum atomic E-state index is 11.3. The minimum absolute atomic E-state index is 0.236. The molecular formula is C16H22O3. The first kappa shape index (κ1) is 15.3. The lowest BCUT2D eigenvalue weighted by Gasteiger charge is -2.14. The highest BCUT2D eigenvalue weighted by molar-refractivity contribution is 5.91. The van der Waals surface area contributed by atoms with Gasteiger partial charge in [-0.25, -0.2) is 4.79 Å². The molecule has 19 heavy (non-hydrogen) atoms. The van der Waals surface area contributed by atoms with E-state index in [0.29, 0.717) is 18.3 Å². The minimum atomic E-state index is -0.946. The number of carboxylic acids is 1. The molecule has 0 radical (unpaired) electrons. The molecular weight excluding hydrogens is 240 g/mol. The number of ether oxygens (including phenoxy) is 1. The molecule has 0 unspecified atom stereocenters. The lowest BCUT2D eigenvalue weighted by Crippen LogP contribution is -2.07. The Kier molecular flexibility index (Phi) is 5.61. The van der Waals surface area contributed by atoms with Gasteiger partial charge < -0.3 is 9.84 Å². The summed E-state index contributed by atoms with van der Waals surface area (Å²) in [6, 6.07) is 5.29. The lowest BCUT2D eigenvalue weighted by molar-refractivity contribution is 0.0692. The second-order valence-electron chi connectivity index (χ2n) is 5.29. The molecule has 0 saturated heterocycles. The number of rotatable bonds is 6. The van der Waals surface area contributed by atoms with E-state index in [1.165, 1.54) is 0 Å². The van der Waals surface area contributed by atoms with Crippen LogP contribution in [0, 0.1) is 5.92 Å². The Balaban J connectivity index is 3.06. The number of hydrogen-bond donors (Lipinski definition) is 1. The van der Waals surface area contributed by atoms with Crippen molar-refractivity contribution in [1.29, 1.82) is 0 Å². The molecule has 1 rings (SSSR count). The second kappa shape index (κ2) is 6.98. The van der Waals surface area contributed by atoms with Crippen molar-refractivity contribution in [1.82, 2.24) is 0 Å². The van der Waals surface area contributed by atoms with Crippen LogP contribution in [-0.2, 0) is 6.42 Å². The van der Waals surface area contributed by atoms with Crippen LogP contribution in [-0.4, -0.2) is 17.7 Å². The normalized spacial score (nSPS) is 10.4. The second-order valence-corrected chi connectivity index (χ2v) is 5.29. The van der Waals surface area contributed by atoms with Crippen molar-refractivity contribution in [2.75, 3.05) is 6.61 Å². The average Bonchev–Trinajstić information content (AvgIpc) is 2.29. The Morgan fingerprint density at radius 2 is 2.05 bits per heavy atom. The fraction of sp³-hybridized carbons (Fsp3) is 0.438. The molecule has 104 valence electrons. The van der Waals surface area contributed by atoms with Gasteiger partial charge in [0.1, 0.15) is 17.9 Å². The first-order valence-electron chi connectivity index (χ1n) is 6.53. The molecule has 0 aromatic heterocycles. The number of aromatic carboxylic acids is 1. The summed E-state index contributed by atoms with van der Waals surface area (Å²) in [6.07, 6.45) is 2.75. The third-order valence-electron chi connectivity index (χ3n) is 2.67. The van der Waals surface area contributed by atoms with Crippen molar-refractivity contribution in [3.05, 3.63) is 41.0 Å². The van der Waals surface area contributed by atoms with E-state index in [1.54, 1.807) is 12.1 Å². The fourth-order valence-electron chi connectivity index (χ4n) is 1.82. The summed E-state index contributed by atoms with van der Waals surface area (Å²) in [5.41, 5.74) is 2.34. The molecule has 0 heterocycles. The zero-order valence-corrected chi connectivity index (χ0v) is 12.1. The van der Waals surface area contributed by atoms with E-state index in [-0.39, 0.29) is 5.56 Å². The quantitative estimate of drug-likeness (QED) is 0.790. The van der Waals surface area contributed by atoms with Gasteiger partial charge in [-0.05, 0) is 43.9 Å². The van der Waals surface area contributed by atoms with Crippen LogP contribution in [0.5, 0.6) is 5.75 Å². The van der Waals surface area contributed by atoms with Crippen molar-refractivity contribution < 1.29 is 14.6 Å². The fourth-order valence-corrected chi connectivity index (χ4v) is 1.82. The minimum Gasteiger partial charge on any atom is -0.488 e. The van der Waals surface area contributed by atoms with E-state index in [9.17, 15) is 9.90 Å². The standard InChI is InChI=1S/C16H22O3/c1-11(2)8-9-19-15-13(10-12(3)4)6-5-7-14(15)16(17)18/h5-8,12H,9-10H2,1-4H3,(H,17,18). The van der Waals surface area contributed by atoms with E-state index >= 15 is 0 Å². The summed E-state index contributed by atoms with van der Waals surface area (Å²) in [5, 5.41) is 9.24. The summed E-state index contributed by atoms with van der Waals surface area (Å²) in [5.74, 6) is 0.00820. The highest BCUT2D eigenvalue weighted by atomic mass is 16.5. The molecule has 1 N–H and O–H groups in total. The van der Waals surface area contributed by atoms with Gasteiger partial charge in [-0.15, -0.1) is 0 Å². The van der Waals surface area contributed by atoms with E-state index < -0.39 is 5.97 Å². The summed E-state index contributed by atoms with van der Waals surface area (Å²) in [6.45, 7) is 8.58. The van der Waals surface area contributed by atoms with Crippen LogP contribution in [0.15, 0.2) is 29.8 Å². The maximum absolute atomic E-state index is 11.3. The molecule has 0 amide bonds. The highest BCUT2D eigenvalue weighted by Gasteiger charge is 2.15. The SMILES string of the molecule is CC(C)=CCOc1c(CC(C)C)cccc1C(=O)O. The Morgan fingerprint density at radius 3 is 2.58 bits per heavy atom. The van der Waals surface area contributed by atoms with Crippen LogP contribution in [0.25, 0.3) is 0 Å². The first-order valence-corrected chi connectivity index (χ1v) is 6.53. The van der Waals surface area contributed by atoms with E-state index in [2.05, 4.69) is 13.8 Å². The number of benzene rings is 1. The number of allylic oxidation sites excluding steroid dienone is 1. The molecule has 0 atom stereocenters. The van der Waals surface area contributed by atoms with Crippen LogP contribution in [0.1, 0.15) is 43.6 Å². The smallest absolute Gasteiger partial charge is 0.339 e. The average molecular weight is 262 g/mol. The van der Waals surface area contributed by atoms with E-state index in [1.807, 2.05) is 26.0 Å². The molecule has 0 aliphatic carbocycles. The Morgan fingerprint density at radius 1 is 1.37 bits per heavy atom. The van der Waals surface area contributed by atoms with Crippen LogP contribution in [0.4, 0.5) is 0 Å². The monoisotopic (exact) mass is 262 g/mol. The third-order valence-corrected chi connectivity index (χ3v) is 2.67. The predicted molar refractivity (Wildman–Crippen MR) is 76.9 cm³/mol. The van der Waals surface area contributed by atoms with Crippen molar-refractivity contribution in [3.8, 4) is 5.75 Å². The first-order chi connectivity index (χ1) is 8.91. The molecule has 0 aliphatic rings. The molecule has 0 fully saturated rings.